The molecular weight excluding hydrogens is 404 g/mol. The van der Waals surface area contributed by atoms with Crippen molar-refractivity contribution < 1.29 is 4.42 Å². The van der Waals surface area contributed by atoms with Crippen molar-refractivity contribution in [2.24, 2.45) is 0 Å². The lowest BCUT2D eigenvalue weighted by Gasteiger charge is -2.22. The van der Waals surface area contributed by atoms with Gasteiger partial charge < -0.3 is 20.0 Å². The van der Waals surface area contributed by atoms with Crippen molar-refractivity contribution in [3.8, 4) is 0 Å². The molecule has 5 rings (SSSR count). The quantitative estimate of drug-likeness (QED) is 0.460. The molecule has 0 radical (unpaired) electrons. The van der Waals surface area contributed by atoms with E-state index in [0.29, 0.717) is 28.1 Å². The average Bonchev–Trinajstić information content (AvgIpc) is 3.24. The van der Waals surface area contributed by atoms with Crippen LogP contribution in [0.15, 0.2) is 52.2 Å². The second-order valence-electron chi connectivity index (χ2n) is 7.05. The summed E-state index contributed by atoms with van der Waals surface area (Å²) in [5, 5.41) is 8.19. The lowest BCUT2D eigenvalue weighted by Crippen LogP contribution is -2.22. The van der Waals surface area contributed by atoms with E-state index in [1.165, 1.54) is 11.9 Å². The van der Waals surface area contributed by atoms with E-state index in [9.17, 15) is 4.79 Å². The number of hydrogen-bond acceptors (Lipinski definition) is 7. The van der Waals surface area contributed by atoms with E-state index < -0.39 is 0 Å². The molecule has 0 saturated heterocycles. The number of H-pyrrole nitrogens is 1. The highest BCUT2D eigenvalue weighted by molar-refractivity contribution is 5.94. The van der Waals surface area contributed by atoms with Gasteiger partial charge in [0.25, 0.3) is 0 Å². The molecule has 1 aliphatic heterocycles. The van der Waals surface area contributed by atoms with Crippen LogP contribution in [0, 0.1) is 0 Å². The van der Waals surface area contributed by atoms with Crippen molar-refractivity contribution in [2.75, 3.05) is 18.4 Å². The van der Waals surface area contributed by atoms with Crippen LogP contribution in [0.1, 0.15) is 30.7 Å². The van der Waals surface area contributed by atoms with Crippen LogP contribution in [0.25, 0.3) is 27.5 Å². The van der Waals surface area contributed by atoms with Crippen molar-refractivity contribution in [1.29, 1.82) is 0 Å². The molecule has 154 valence electrons. The second-order valence-corrected chi connectivity index (χ2v) is 7.05. The molecular formula is C21H21ClN6O2. The molecule has 0 amide bonds. The van der Waals surface area contributed by atoms with Gasteiger partial charge in [0.1, 0.15) is 17.6 Å². The van der Waals surface area contributed by atoms with Gasteiger partial charge >= 0.3 is 5.63 Å². The van der Waals surface area contributed by atoms with Crippen molar-refractivity contribution in [3.63, 3.8) is 0 Å². The number of aromatic nitrogens is 4. The smallest absolute Gasteiger partial charge is 0.343 e. The molecule has 4 aromatic rings. The van der Waals surface area contributed by atoms with Crippen LogP contribution < -0.4 is 16.3 Å². The van der Waals surface area contributed by atoms with E-state index in [0.717, 1.165) is 30.5 Å². The number of anilines is 1. The first-order chi connectivity index (χ1) is 14.2. The van der Waals surface area contributed by atoms with Gasteiger partial charge in [-0.05, 0) is 36.9 Å². The van der Waals surface area contributed by atoms with Crippen LogP contribution in [0.3, 0.4) is 0 Å². The highest BCUT2D eigenvalue weighted by Gasteiger charge is 2.23. The summed E-state index contributed by atoms with van der Waals surface area (Å²) in [5.41, 5.74) is 3.12. The summed E-state index contributed by atoms with van der Waals surface area (Å²) >= 11 is 0. The molecule has 9 heteroatoms. The normalized spacial score (nSPS) is 14.9. The number of halogens is 1. The number of nitrogens with zero attached hydrogens (tertiary/aromatic N) is 3. The number of nitrogens with one attached hydrogen (secondary N) is 3. The molecule has 0 fully saturated rings. The monoisotopic (exact) mass is 424 g/mol. The van der Waals surface area contributed by atoms with E-state index in [1.54, 1.807) is 6.33 Å². The fraction of sp³-hybridized carbons (Fsp3) is 0.238. The molecule has 0 aliphatic carbocycles. The van der Waals surface area contributed by atoms with Crippen molar-refractivity contribution in [2.45, 2.75) is 19.4 Å². The lowest BCUT2D eigenvalue weighted by molar-refractivity contribution is 0.448. The summed E-state index contributed by atoms with van der Waals surface area (Å²) in [5.74, 6) is 1.19. The second kappa shape index (κ2) is 8.25. The Morgan fingerprint density at radius 3 is 2.80 bits per heavy atom. The third-order valence-corrected chi connectivity index (χ3v) is 5.21. The molecule has 30 heavy (non-hydrogen) atoms. The topological polar surface area (TPSA) is 109 Å². The molecule has 1 aliphatic rings. The minimum absolute atomic E-state index is 0. The first kappa shape index (κ1) is 20.1. The van der Waals surface area contributed by atoms with Crippen LogP contribution in [0.4, 0.5) is 5.82 Å². The number of imidazole rings is 1. The summed E-state index contributed by atoms with van der Waals surface area (Å²) in [6.45, 7) is 3.64. The Hall–Kier alpha value is -3.23. The SMILES string of the molecule is CC(Nc1ncnc2[nH]cnc12)c1oc(=O)c2ccccc2c1C1=CCNCC1.Cl. The molecule has 4 heterocycles. The maximum absolute atomic E-state index is 12.7. The molecule has 8 nitrogen and oxygen atoms in total. The summed E-state index contributed by atoms with van der Waals surface area (Å²) in [4.78, 5) is 28.5. The zero-order valence-corrected chi connectivity index (χ0v) is 17.1. The van der Waals surface area contributed by atoms with Crippen LogP contribution >= 0.6 is 12.4 Å². The average molecular weight is 425 g/mol. The van der Waals surface area contributed by atoms with E-state index >= 15 is 0 Å². The maximum atomic E-state index is 12.7. The van der Waals surface area contributed by atoms with Gasteiger partial charge in [-0.1, -0.05) is 24.3 Å². The fourth-order valence-electron chi connectivity index (χ4n) is 3.84. The highest BCUT2D eigenvalue weighted by atomic mass is 35.5. The summed E-state index contributed by atoms with van der Waals surface area (Å²) < 4.78 is 5.85. The summed E-state index contributed by atoms with van der Waals surface area (Å²) in [7, 11) is 0. The Kier molecular flexibility index (Phi) is 5.52. The van der Waals surface area contributed by atoms with Crippen LogP contribution in [-0.2, 0) is 0 Å². The fourth-order valence-corrected chi connectivity index (χ4v) is 3.84. The Morgan fingerprint density at radius 2 is 2.00 bits per heavy atom. The third kappa shape index (κ3) is 3.44. The largest absolute Gasteiger partial charge is 0.425 e. The van der Waals surface area contributed by atoms with Gasteiger partial charge in [-0.3, -0.25) is 0 Å². The molecule has 1 aromatic carbocycles. The molecule has 0 saturated carbocycles. The van der Waals surface area contributed by atoms with Gasteiger partial charge in [0.15, 0.2) is 11.5 Å². The molecule has 3 aromatic heterocycles. The van der Waals surface area contributed by atoms with Gasteiger partial charge in [0, 0.05) is 12.1 Å². The van der Waals surface area contributed by atoms with Crippen LogP contribution in [0.5, 0.6) is 0 Å². The Bertz CT molecular complexity index is 1300. The maximum Gasteiger partial charge on any atom is 0.343 e. The van der Waals surface area contributed by atoms with E-state index in [2.05, 4.69) is 36.6 Å². The highest BCUT2D eigenvalue weighted by Crippen LogP contribution is 2.34. The minimum atomic E-state index is -0.338. The molecule has 0 bridgehead atoms. The zero-order chi connectivity index (χ0) is 19.8. The summed E-state index contributed by atoms with van der Waals surface area (Å²) in [6.07, 6.45) is 6.09. The van der Waals surface area contributed by atoms with E-state index in [-0.39, 0.29) is 24.1 Å². The van der Waals surface area contributed by atoms with Crippen molar-refractivity contribution in [3.05, 3.63) is 64.7 Å². The predicted octanol–water partition coefficient (Wildman–Crippen LogP) is 3.43. The van der Waals surface area contributed by atoms with Gasteiger partial charge in [-0.25, -0.2) is 19.7 Å². The number of rotatable bonds is 4. The first-order valence-electron chi connectivity index (χ1n) is 9.59. The number of hydrogen-bond donors (Lipinski definition) is 3. The van der Waals surface area contributed by atoms with Crippen molar-refractivity contribution >= 4 is 45.7 Å². The number of aromatic amines is 1. The van der Waals surface area contributed by atoms with E-state index in [4.69, 9.17) is 4.42 Å². The van der Waals surface area contributed by atoms with Gasteiger partial charge in [0.2, 0.25) is 0 Å². The Balaban J connectivity index is 0.00000218. The van der Waals surface area contributed by atoms with Crippen molar-refractivity contribution in [1.82, 2.24) is 25.3 Å². The van der Waals surface area contributed by atoms with E-state index in [1.807, 2.05) is 31.2 Å². The van der Waals surface area contributed by atoms with Gasteiger partial charge in [-0.2, -0.15) is 0 Å². The van der Waals surface area contributed by atoms with Crippen LogP contribution in [-0.4, -0.2) is 33.0 Å². The lowest BCUT2D eigenvalue weighted by atomic mass is 9.92. The number of benzene rings is 1. The molecule has 3 N–H and O–H groups in total. The van der Waals surface area contributed by atoms with Crippen LogP contribution in [0.2, 0.25) is 0 Å². The predicted molar refractivity (Wildman–Crippen MR) is 119 cm³/mol. The standard InChI is InChI=1S/C21H20N6O2.ClH/c1-12(27-20-17-19(24-10-23-17)25-11-26-20)18-16(13-6-8-22-9-7-13)14-4-2-3-5-15(14)21(28)29-18;/h2-6,10-12,22H,7-9H2,1H3,(H2,23,24,25,26,27);1H. The summed E-state index contributed by atoms with van der Waals surface area (Å²) in [6, 6.07) is 7.30. The zero-order valence-electron chi connectivity index (χ0n) is 16.3. The van der Waals surface area contributed by atoms with Gasteiger partial charge in [0.05, 0.1) is 17.8 Å². The third-order valence-electron chi connectivity index (χ3n) is 5.21. The Morgan fingerprint density at radius 1 is 1.17 bits per heavy atom. The first-order valence-corrected chi connectivity index (χ1v) is 9.59. The molecule has 1 unspecified atom stereocenters. The Labute approximate surface area is 178 Å². The van der Waals surface area contributed by atoms with Gasteiger partial charge in [-0.15, -0.1) is 12.4 Å². The number of fused-ring (bicyclic) bond motifs is 2. The molecule has 0 spiro atoms. The minimum Gasteiger partial charge on any atom is -0.425 e. The molecule has 1 atom stereocenters.